The second kappa shape index (κ2) is 8.37. The van der Waals surface area contributed by atoms with E-state index >= 15 is 0 Å². The first-order valence-corrected chi connectivity index (χ1v) is 6.90. The normalized spacial score (nSPS) is 9.95. The van der Waals surface area contributed by atoms with Gasteiger partial charge in [-0.3, -0.25) is 9.59 Å². The highest BCUT2D eigenvalue weighted by atomic mass is 35.5. The summed E-state index contributed by atoms with van der Waals surface area (Å²) < 4.78 is 0. The monoisotopic (exact) mass is 298 g/mol. The van der Waals surface area contributed by atoms with Crippen molar-refractivity contribution in [3.8, 4) is 0 Å². The zero-order valence-corrected chi connectivity index (χ0v) is 12.4. The maximum Gasteiger partial charge on any atom is 0.252 e. The molecule has 0 aromatic carbocycles. The van der Waals surface area contributed by atoms with E-state index in [-0.39, 0.29) is 24.8 Å². The van der Waals surface area contributed by atoms with Crippen LogP contribution in [0.2, 0.25) is 5.02 Å². The van der Waals surface area contributed by atoms with Gasteiger partial charge in [0.25, 0.3) is 5.91 Å². The van der Waals surface area contributed by atoms with Crippen LogP contribution in [0.25, 0.3) is 0 Å². The van der Waals surface area contributed by atoms with Gasteiger partial charge >= 0.3 is 0 Å². The van der Waals surface area contributed by atoms with Crippen LogP contribution in [0.1, 0.15) is 30.6 Å². The van der Waals surface area contributed by atoms with Crippen molar-refractivity contribution in [1.82, 2.24) is 15.6 Å². The van der Waals surface area contributed by atoms with Crippen LogP contribution in [-0.4, -0.2) is 36.4 Å². The number of nitrogens with zero attached hydrogens (tertiary/aromatic N) is 1. The Bertz CT molecular complexity index is 479. The van der Waals surface area contributed by atoms with Crippen molar-refractivity contribution in [3.05, 3.63) is 22.8 Å². The molecule has 0 saturated heterocycles. The summed E-state index contributed by atoms with van der Waals surface area (Å²) in [6.07, 6.45) is 1.70. The number of hydrogen-bond donors (Lipinski definition) is 3. The molecule has 0 atom stereocenters. The number of carbonyl (C=O) groups excluding carboxylic acids is 2. The lowest BCUT2D eigenvalue weighted by molar-refractivity contribution is -0.120. The maximum absolute atomic E-state index is 11.8. The van der Waals surface area contributed by atoms with E-state index in [1.807, 2.05) is 13.8 Å². The third-order valence-electron chi connectivity index (χ3n) is 2.46. The molecule has 1 rings (SSSR count). The molecule has 20 heavy (non-hydrogen) atoms. The van der Waals surface area contributed by atoms with Crippen LogP contribution in [0.3, 0.4) is 0 Å². The summed E-state index contributed by atoms with van der Waals surface area (Å²) in [7, 11) is 0. The van der Waals surface area contributed by atoms with E-state index in [4.69, 9.17) is 11.6 Å². The quantitative estimate of drug-likeness (QED) is 0.711. The Kier molecular flexibility index (Phi) is 6.79. The summed E-state index contributed by atoms with van der Waals surface area (Å²) in [4.78, 5) is 27.1. The topological polar surface area (TPSA) is 83.1 Å². The number of rotatable bonds is 7. The zero-order valence-electron chi connectivity index (χ0n) is 11.6. The molecular weight excluding hydrogens is 280 g/mol. The van der Waals surface area contributed by atoms with Crippen LogP contribution in [0.15, 0.2) is 12.3 Å². The first-order valence-electron chi connectivity index (χ1n) is 6.52. The van der Waals surface area contributed by atoms with Gasteiger partial charge in [0.2, 0.25) is 5.91 Å². The predicted molar refractivity (Wildman–Crippen MR) is 79.0 cm³/mol. The predicted octanol–water partition coefficient (Wildman–Crippen LogP) is 1.42. The summed E-state index contributed by atoms with van der Waals surface area (Å²) in [6.45, 7) is 5.33. The number of halogens is 1. The number of pyridine rings is 1. The molecule has 3 N–H and O–H groups in total. The van der Waals surface area contributed by atoms with Gasteiger partial charge in [-0.25, -0.2) is 4.98 Å². The van der Waals surface area contributed by atoms with Gasteiger partial charge in [-0.05, 0) is 19.9 Å². The highest BCUT2D eigenvalue weighted by Gasteiger charge is 2.10. The number of hydrogen-bond acceptors (Lipinski definition) is 4. The van der Waals surface area contributed by atoms with Crippen LogP contribution in [0.4, 0.5) is 5.82 Å². The van der Waals surface area contributed by atoms with E-state index in [1.165, 1.54) is 6.20 Å². The molecule has 7 heteroatoms. The van der Waals surface area contributed by atoms with E-state index in [9.17, 15) is 9.59 Å². The summed E-state index contributed by atoms with van der Waals surface area (Å²) in [5.74, 6) is 0.159. The third kappa shape index (κ3) is 5.05. The molecule has 0 spiro atoms. The Hall–Kier alpha value is -1.82. The number of aromatic nitrogens is 1. The van der Waals surface area contributed by atoms with Crippen LogP contribution in [0.5, 0.6) is 0 Å². The van der Waals surface area contributed by atoms with Crippen molar-refractivity contribution in [1.29, 1.82) is 0 Å². The minimum Gasteiger partial charge on any atom is -0.369 e. The summed E-state index contributed by atoms with van der Waals surface area (Å²) in [5.41, 5.74) is 0.368. The summed E-state index contributed by atoms with van der Waals surface area (Å²) in [5, 5.41) is 8.68. The number of amides is 2. The molecule has 1 heterocycles. The molecule has 0 aliphatic rings. The Balaban J connectivity index is 2.51. The van der Waals surface area contributed by atoms with Gasteiger partial charge < -0.3 is 16.0 Å². The fourth-order valence-electron chi connectivity index (χ4n) is 1.54. The van der Waals surface area contributed by atoms with Gasteiger partial charge in [-0.1, -0.05) is 11.6 Å². The standard InChI is InChI=1S/C13H19ClN4O2/c1-3-15-11(19)5-6-17-13(20)9-7-10(14)12(16-4-2)18-8-9/h7-8H,3-6H2,1-2H3,(H,15,19)(H,16,18)(H,17,20). The van der Waals surface area contributed by atoms with Gasteiger partial charge in [0.15, 0.2) is 0 Å². The van der Waals surface area contributed by atoms with Crippen molar-refractivity contribution in [3.63, 3.8) is 0 Å². The molecular formula is C13H19ClN4O2. The molecule has 0 radical (unpaired) electrons. The molecule has 6 nitrogen and oxygen atoms in total. The zero-order chi connectivity index (χ0) is 15.0. The third-order valence-corrected chi connectivity index (χ3v) is 2.75. The molecule has 0 unspecified atom stereocenters. The highest BCUT2D eigenvalue weighted by Crippen LogP contribution is 2.19. The number of nitrogens with one attached hydrogen (secondary N) is 3. The molecule has 0 saturated carbocycles. The minimum atomic E-state index is -0.299. The Morgan fingerprint density at radius 2 is 2.00 bits per heavy atom. The lowest BCUT2D eigenvalue weighted by atomic mass is 10.2. The van der Waals surface area contributed by atoms with Crippen molar-refractivity contribution in [2.75, 3.05) is 25.0 Å². The van der Waals surface area contributed by atoms with Gasteiger partial charge in [-0.2, -0.15) is 0 Å². The van der Waals surface area contributed by atoms with Crippen LogP contribution >= 0.6 is 11.6 Å². The highest BCUT2D eigenvalue weighted by molar-refractivity contribution is 6.33. The molecule has 0 bridgehead atoms. The average molecular weight is 299 g/mol. The van der Waals surface area contributed by atoms with Crippen LogP contribution < -0.4 is 16.0 Å². The van der Waals surface area contributed by atoms with Gasteiger partial charge in [-0.15, -0.1) is 0 Å². The van der Waals surface area contributed by atoms with Crippen LogP contribution in [0, 0.1) is 0 Å². The molecule has 1 aromatic rings. The fourth-order valence-corrected chi connectivity index (χ4v) is 1.77. The largest absolute Gasteiger partial charge is 0.369 e. The Labute approximate surface area is 123 Å². The molecule has 1 aromatic heterocycles. The fraction of sp³-hybridized carbons (Fsp3) is 0.462. The van der Waals surface area contributed by atoms with Crippen molar-refractivity contribution < 1.29 is 9.59 Å². The second-order valence-corrected chi connectivity index (χ2v) is 4.45. The van der Waals surface area contributed by atoms with Gasteiger partial charge in [0, 0.05) is 32.3 Å². The summed E-state index contributed by atoms with van der Waals surface area (Å²) in [6, 6.07) is 1.55. The number of carbonyl (C=O) groups is 2. The number of anilines is 1. The minimum absolute atomic E-state index is 0.0912. The van der Waals surface area contributed by atoms with Crippen molar-refractivity contribution in [2.45, 2.75) is 20.3 Å². The smallest absolute Gasteiger partial charge is 0.252 e. The average Bonchev–Trinajstić information content (AvgIpc) is 2.41. The SMILES string of the molecule is CCNC(=O)CCNC(=O)c1cnc(NCC)c(Cl)c1. The van der Waals surface area contributed by atoms with E-state index in [2.05, 4.69) is 20.9 Å². The lowest BCUT2D eigenvalue weighted by Gasteiger charge is -2.08. The van der Waals surface area contributed by atoms with E-state index in [0.717, 1.165) is 0 Å². The Morgan fingerprint density at radius 3 is 2.60 bits per heavy atom. The first-order chi connectivity index (χ1) is 9.58. The van der Waals surface area contributed by atoms with Crippen molar-refractivity contribution in [2.24, 2.45) is 0 Å². The van der Waals surface area contributed by atoms with E-state index < -0.39 is 0 Å². The molecule has 2 amide bonds. The maximum atomic E-state index is 11.8. The lowest BCUT2D eigenvalue weighted by Crippen LogP contribution is -2.30. The van der Waals surface area contributed by atoms with E-state index in [0.29, 0.717) is 29.5 Å². The molecule has 110 valence electrons. The molecule has 0 fully saturated rings. The summed E-state index contributed by atoms with van der Waals surface area (Å²) >= 11 is 6.01. The first kappa shape index (κ1) is 16.2. The van der Waals surface area contributed by atoms with Crippen LogP contribution in [-0.2, 0) is 4.79 Å². The second-order valence-electron chi connectivity index (χ2n) is 4.04. The molecule has 0 aliphatic carbocycles. The van der Waals surface area contributed by atoms with Gasteiger partial charge in [0.05, 0.1) is 10.6 Å². The van der Waals surface area contributed by atoms with Gasteiger partial charge in [0.1, 0.15) is 5.82 Å². The van der Waals surface area contributed by atoms with Crippen molar-refractivity contribution >= 4 is 29.2 Å². The van der Waals surface area contributed by atoms with E-state index in [1.54, 1.807) is 6.07 Å². The Morgan fingerprint density at radius 1 is 1.25 bits per heavy atom. The molecule has 0 aliphatic heterocycles.